The Hall–Kier alpha value is -2.68. The summed E-state index contributed by atoms with van der Waals surface area (Å²) in [6, 6.07) is 6.54. The molecule has 1 aliphatic heterocycles. The SMILES string of the molecule is CS(=O)(=O)c1ccc(-c2cnc(NCC3CCN(C(=O)O)CC3)cn2)cc1. The summed E-state index contributed by atoms with van der Waals surface area (Å²) in [6.45, 7) is 1.86. The van der Waals surface area contributed by atoms with Crippen LogP contribution in [0.4, 0.5) is 10.6 Å². The van der Waals surface area contributed by atoms with Crippen molar-refractivity contribution >= 4 is 21.7 Å². The molecule has 1 aromatic heterocycles. The highest BCUT2D eigenvalue weighted by atomic mass is 32.2. The molecule has 2 N–H and O–H groups in total. The van der Waals surface area contributed by atoms with Crippen LogP contribution in [0.15, 0.2) is 41.6 Å². The first-order chi connectivity index (χ1) is 12.8. The van der Waals surface area contributed by atoms with Crippen LogP contribution in [-0.4, -0.2) is 60.4 Å². The normalized spacial score (nSPS) is 15.5. The first kappa shape index (κ1) is 19.1. The van der Waals surface area contributed by atoms with E-state index in [0.717, 1.165) is 24.9 Å². The molecule has 9 heteroatoms. The molecule has 27 heavy (non-hydrogen) atoms. The zero-order valence-corrected chi connectivity index (χ0v) is 15.8. The molecule has 0 saturated carbocycles. The lowest BCUT2D eigenvalue weighted by Crippen LogP contribution is -2.39. The molecule has 0 spiro atoms. The first-order valence-corrected chi connectivity index (χ1v) is 10.6. The number of amides is 1. The highest BCUT2D eigenvalue weighted by molar-refractivity contribution is 7.90. The number of aromatic nitrogens is 2. The van der Waals surface area contributed by atoms with Gasteiger partial charge in [-0.15, -0.1) is 0 Å². The van der Waals surface area contributed by atoms with E-state index in [-0.39, 0.29) is 4.90 Å². The second-order valence-corrected chi connectivity index (χ2v) is 8.69. The van der Waals surface area contributed by atoms with Crippen LogP contribution >= 0.6 is 0 Å². The summed E-state index contributed by atoms with van der Waals surface area (Å²) in [5.74, 6) is 1.07. The number of likely N-dealkylation sites (tertiary alicyclic amines) is 1. The van der Waals surface area contributed by atoms with Crippen molar-refractivity contribution in [3.05, 3.63) is 36.7 Å². The highest BCUT2D eigenvalue weighted by Gasteiger charge is 2.22. The molecule has 1 aromatic carbocycles. The Balaban J connectivity index is 1.55. The second kappa shape index (κ2) is 7.91. The summed E-state index contributed by atoms with van der Waals surface area (Å²) in [6.07, 6.45) is 5.27. The Morgan fingerprint density at radius 3 is 2.37 bits per heavy atom. The number of hydrogen-bond acceptors (Lipinski definition) is 6. The highest BCUT2D eigenvalue weighted by Crippen LogP contribution is 2.21. The summed E-state index contributed by atoms with van der Waals surface area (Å²) in [7, 11) is -3.22. The van der Waals surface area contributed by atoms with Gasteiger partial charge < -0.3 is 15.3 Å². The van der Waals surface area contributed by atoms with Crippen molar-refractivity contribution in [2.45, 2.75) is 17.7 Å². The van der Waals surface area contributed by atoms with E-state index < -0.39 is 15.9 Å². The largest absolute Gasteiger partial charge is 0.465 e. The number of nitrogens with zero attached hydrogens (tertiary/aromatic N) is 3. The predicted octanol–water partition coefficient (Wildman–Crippen LogP) is 2.35. The molecule has 2 heterocycles. The van der Waals surface area contributed by atoms with Gasteiger partial charge in [0, 0.05) is 31.5 Å². The summed E-state index contributed by atoms with van der Waals surface area (Å²) in [5.41, 5.74) is 1.46. The molecule has 0 bridgehead atoms. The maximum absolute atomic E-state index is 11.5. The van der Waals surface area contributed by atoms with Crippen molar-refractivity contribution in [1.82, 2.24) is 14.9 Å². The van der Waals surface area contributed by atoms with Crippen LogP contribution in [0, 0.1) is 5.92 Å². The minimum absolute atomic E-state index is 0.270. The monoisotopic (exact) mass is 390 g/mol. The van der Waals surface area contributed by atoms with Gasteiger partial charge in [-0.2, -0.15) is 0 Å². The van der Waals surface area contributed by atoms with Crippen LogP contribution in [0.5, 0.6) is 0 Å². The molecule has 0 radical (unpaired) electrons. The van der Waals surface area contributed by atoms with E-state index in [1.165, 1.54) is 11.2 Å². The fourth-order valence-corrected chi connectivity index (χ4v) is 3.65. The third-order valence-electron chi connectivity index (χ3n) is 4.69. The molecule has 1 saturated heterocycles. The molecule has 0 unspecified atom stereocenters. The Labute approximate surface area is 158 Å². The molecule has 8 nitrogen and oxygen atoms in total. The van der Waals surface area contributed by atoms with Crippen molar-refractivity contribution in [3.8, 4) is 11.3 Å². The van der Waals surface area contributed by atoms with Gasteiger partial charge in [0.15, 0.2) is 9.84 Å². The van der Waals surface area contributed by atoms with E-state index in [4.69, 9.17) is 5.11 Å². The van der Waals surface area contributed by atoms with E-state index in [0.29, 0.717) is 30.5 Å². The number of carbonyl (C=O) groups is 1. The predicted molar refractivity (Wildman–Crippen MR) is 101 cm³/mol. The zero-order chi connectivity index (χ0) is 19.4. The number of anilines is 1. The lowest BCUT2D eigenvalue weighted by atomic mass is 9.97. The van der Waals surface area contributed by atoms with Crippen LogP contribution in [-0.2, 0) is 9.84 Å². The van der Waals surface area contributed by atoms with Gasteiger partial charge in [0.2, 0.25) is 0 Å². The van der Waals surface area contributed by atoms with E-state index in [1.807, 2.05) is 0 Å². The average Bonchev–Trinajstić information content (AvgIpc) is 2.66. The Kier molecular flexibility index (Phi) is 5.59. The van der Waals surface area contributed by atoms with Crippen molar-refractivity contribution in [2.75, 3.05) is 31.2 Å². The minimum atomic E-state index is -3.22. The van der Waals surface area contributed by atoms with Crippen molar-refractivity contribution in [1.29, 1.82) is 0 Å². The number of sulfone groups is 1. The van der Waals surface area contributed by atoms with E-state index in [1.54, 1.807) is 36.7 Å². The van der Waals surface area contributed by atoms with E-state index >= 15 is 0 Å². The third-order valence-corrected chi connectivity index (χ3v) is 5.82. The molecule has 1 aliphatic rings. The molecule has 2 aromatic rings. The van der Waals surface area contributed by atoms with Crippen LogP contribution in [0.3, 0.4) is 0 Å². The van der Waals surface area contributed by atoms with Crippen molar-refractivity contribution in [3.63, 3.8) is 0 Å². The van der Waals surface area contributed by atoms with Gasteiger partial charge >= 0.3 is 6.09 Å². The summed E-state index contributed by atoms with van der Waals surface area (Å²) >= 11 is 0. The van der Waals surface area contributed by atoms with Gasteiger partial charge in [-0.1, -0.05) is 12.1 Å². The molecule has 144 valence electrons. The fraction of sp³-hybridized carbons (Fsp3) is 0.389. The van der Waals surface area contributed by atoms with E-state index in [9.17, 15) is 13.2 Å². The summed E-state index contributed by atoms with van der Waals surface area (Å²) in [5, 5.41) is 12.2. The molecular weight excluding hydrogens is 368 g/mol. The second-order valence-electron chi connectivity index (χ2n) is 6.68. The molecule has 1 amide bonds. The van der Waals surface area contributed by atoms with Gasteiger partial charge in [0.1, 0.15) is 5.82 Å². The number of rotatable bonds is 5. The number of nitrogens with one attached hydrogen (secondary N) is 1. The van der Waals surface area contributed by atoms with Gasteiger partial charge in [-0.05, 0) is 30.9 Å². The van der Waals surface area contributed by atoms with Gasteiger partial charge in [0.25, 0.3) is 0 Å². The molecule has 1 fully saturated rings. The van der Waals surface area contributed by atoms with E-state index in [2.05, 4.69) is 15.3 Å². The van der Waals surface area contributed by atoms with Crippen LogP contribution in [0.1, 0.15) is 12.8 Å². The number of benzene rings is 1. The van der Waals surface area contributed by atoms with Gasteiger partial charge in [-0.3, -0.25) is 4.98 Å². The number of carboxylic acid groups (broad SMARTS) is 1. The Bertz CT molecular complexity index is 890. The molecule has 0 atom stereocenters. The average molecular weight is 390 g/mol. The van der Waals surface area contributed by atoms with Crippen LogP contribution in [0.2, 0.25) is 0 Å². The summed E-state index contributed by atoms with van der Waals surface area (Å²) < 4.78 is 23.0. The number of hydrogen-bond donors (Lipinski definition) is 2. The maximum atomic E-state index is 11.5. The smallest absolute Gasteiger partial charge is 0.407 e. The lowest BCUT2D eigenvalue weighted by molar-refractivity contribution is 0.126. The summed E-state index contributed by atoms with van der Waals surface area (Å²) in [4.78, 5) is 21.4. The quantitative estimate of drug-likeness (QED) is 0.806. The van der Waals surface area contributed by atoms with Crippen LogP contribution < -0.4 is 5.32 Å². The van der Waals surface area contributed by atoms with Crippen molar-refractivity contribution in [2.24, 2.45) is 5.92 Å². The third kappa shape index (κ3) is 4.94. The topological polar surface area (TPSA) is 112 Å². The first-order valence-electron chi connectivity index (χ1n) is 8.67. The lowest BCUT2D eigenvalue weighted by Gasteiger charge is -2.30. The molecule has 3 rings (SSSR count). The van der Waals surface area contributed by atoms with Gasteiger partial charge in [0.05, 0.1) is 23.0 Å². The van der Waals surface area contributed by atoms with Crippen molar-refractivity contribution < 1.29 is 18.3 Å². The van der Waals surface area contributed by atoms with Crippen LogP contribution in [0.25, 0.3) is 11.3 Å². The maximum Gasteiger partial charge on any atom is 0.407 e. The fourth-order valence-electron chi connectivity index (χ4n) is 3.02. The minimum Gasteiger partial charge on any atom is -0.465 e. The standard InChI is InChI=1S/C18H22N4O4S/c1-27(25,26)15-4-2-14(3-5-15)16-11-21-17(12-19-16)20-10-13-6-8-22(9-7-13)18(23)24/h2-5,11-13H,6-10H2,1H3,(H,20,21)(H,23,24). The Morgan fingerprint density at radius 2 is 1.85 bits per heavy atom. The van der Waals surface area contributed by atoms with Gasteiger partial charge in [-0.25, -0.2) is 18.2 Å². The zero-order valence-electron chi connectivity index (χ0n) is 15.0. The number of piperidine rings is 1. The Morgan fingerprint density at radius 1 is 1.19 bits per heavy atom. The molecular formula is C18H22N4O4S. The molecule has 0 aliphatic carbocycles.